The topological polar surface area (TPSA) is 93.0 Å². The fraction of sp³-hybridized carbons (Fsp3) is 0.385. The molecule has 35 heavy (non-hydrogen) atoms. The minimum absolute atomic E-state index is 0.266. The third kappa shape index (κ3) is 5.98. The summed E-state index contributed by atoms with van der Waals surface area (Å²) < 4.78 is 38.3. The summed E-state index contributed by atoms with van der Waals surface area (Å²) in [6.45, 7) is 4.86. The van der Waals surface area contributed by atoms with Crippen LogP contribution in [0.3, 0.4) is 0 Å². The summed E-state index contributed by atoms with van der Waals surface area (Å²) in [4.78, 5) is 13.9. The highest BCUT2D eigenvalue weighted by atomic mass is 32.2. The molecule has 1 aromatic heterocycles. The molecular formula is C26H31N3O5S. The Morgan fingerprint density at radius 1 is 1.03 bits per heavy atom. The predicted molar refractivity (Wildman–Crippen MR) is 132 cm³/mol. The molecule has 0 spiro atoms. The molecule has 1 aliphatic rings. The Labute approximate surface area is 206 Å². The number of ether oxygens (including phenoxy) is 1. The summed E-state index contributed by atoms with van der Waals surface area (Å²) in [5, 5.41) is 4.27. The largest absolute Gasteiger partial charge is 0.469 e. The van der Waals surface area contributed by atoms with Gasteiger partial charge < -0.3 is 9.26 Å². The first-order chi connectivity index (χ1) is 16.9. The molecule has 0 aliphatic carbocycles. The van der Waals surface area contributed by atoms with E-state index in [2.05, 4.69) is 14.8 Å². The average Bonchev–Trinajstić information content (AvgIpc) is 3.07. The minimum Gasteiger partial charge on any atom is -0.469 e. The van der Waals surface area contributed by atoms with E-state index in [1.54, 1.807) is 28.6 Å². The van der Waals surface area contributed by atoms with Gasteiger partial charge in [-0.25, -0.2) is 8.42 Å². The van der Waals surface area contributed by atoms with Gasteiger partial charge in [-0.1, -0.05) is 47.6 Å². The van der Waals surface area contributed by atoms with E-state index in [1.165, 1.54) is 7.11 Å². The zero-order valence-corrected chi connectivity index (χ0v) is 21.0. The van der Waals surface area contributed by atoms with Gasteiger partial charge in [-0.3, -0.25) is 9.69 Å². The van der Waals surface area contributed by atoms with Crippen molar-refractivity contribution in [3.8, 4) is 11.3 Å². The molecule has 1 fully saturated rings. The maximum Gasteiger partial charge on any atom is 0.305 e. The van der Waals surface area contributed by atoms with Crippen LogP contribution in [-0.2, 0) is 32.5 Å². The van der Waals surface area contributed by atoms with Crippen molar-refractivity contribution >= 4 is 16.0 Å². The lowest BCUT2D eigenvalue weighted by atomic mass is 10.1. The summed E-state index contributed by atoms with van der Waals surface area (Å²) in [6, 6.07) is 16.7. The highest BCUT2D eigenvalue weighted by molar-refractivity contribution is 7.89. The van der Waals surface area contributed by atoms with E-state index in [4.69, 9.17) is 4.52 Å². The van der Waals surface area contributed by atoms with Gasteiger partial charge in [0.05, 0.1) is 12.0 Å². The molecule has 4 rings (SSSR count). The Morgan fingerprint density at radius 2 is 1.77 bits per heavy atom. The molecule has 0 radical (unpaired) electrons. The van der Waals surface area contributed by atoms with Crippen LogP contribution in [0.25, 0.3) is 11.3 Å². The maximum absolute atomic E-state index is 13.3. The number of sulfonamides is 1. The van der Waals surface area contributed by atoms with Crippen LogP contribution in [0.4, 0.5) is 0 Å². The second-order valence-electron chi connectivity index (χ2n) is 8.69. The van der Waals surface area contributed by atoms with Crippen LogP contribution < -0.4 is 0 Å². The van der Waals surface area contributed by atoms with Crippen LogP contribution in [0.2, 0.25) is 0 Å². The van der Waals surface area contributed by atoms with Crippen LogP contribution in [0.1, 0.15) is 29.7 Å². The minimum atomic E-state index is -3.60. The lowest BCUT2D eigenvalue weighted by Crippen LogP contribution is -2.35. The molecule has 186 valence electrons. The van der Waals surface area contributed by atoms with Crippen molar-refractivity contribution in [1.29, 1.82) is 0 Å². The quantitative estimate of drug-likeness (QED) is 0.439. The fourth-order valence-corrected chi connectivity index (χ4v) is 5.76. The Bertz CT molecular complexity index is 1240. The van der Waals surface area contributed by atoms with Gasteiger partial charge in [-0.05, 0) is 44.0 Å². The summed E-state index contributed by atoms with van der Waals surface area (Å²) in [5.74, 6) is 0.498. The number of aryl methyl sites for hydroxylation is 2. The number of carbonyl (C=O) groups excluding carboxylic acids is 1. The number of hydrogen-bond acceptors (Lipinski definition) is 7. The van der Waals surface area contributed by atoms with E-state index in [0.29, 0.717) is 32.6 Å². The molecule has 0 bridgehead atoms. The van der Waals surface area contributed by atoms with Crippen molar-refractivity contribution in [3.63, 3.8) is 0 Å². The standard InChI is InChI=1S/C26H31N3O5S/c1-20-24(26(27-34-20)22-7-4-3-5-8-22)19-28-15-6-16-29(18-17-28)35(31,32)23-12-9-21(10-13-23)11-14-25(30)33-2/h3-5,7-10,12-13H,6,11,14-19H2,1-2H3. The van der Waals surface area contributed by atoms with Gasteiger partial charge in [0.2, 0.25) is 10.0 Å². The van der Waals surface area contributed by atoms with Gasteiger partial charge in [0.25, 0.3) is 0 Å². The first kappa shape index (κ1) is 25.1. The van der Waals surface area contributed by atoms with Crippen LogP contribution in [0.5, 0.6) is 0 Å². The molecule has 1 saturated heterocycles. The first-order valence-electron chi connectivity index (χ1n) is 11.8. The van der Waals surface area contributed by atoms with E-state index in [9.17, 15) is 13.2 Å². The number of nitrogens with zero attached hydrogens (tertiary/aromatic N) is 3. The van der Waals surface area contributed by atoms with Crippen molar-refractivity contribution in [2.75, 3.05) is 33.3 Å². The number of carbonyl (C=O) groups is 1. The molecule has 0 amide bonds. The normalized spacial score (nSPS) is 15.6. The number of benzene rings is 2. The van der Waals surface area contributed by atoms with E-state index in [-0.39, 0.29) is 17.3 Å². The van der Waals surface area contributed by atoms with Crippen molar-refractivity contribution < 1.29 is 22.5 Å². The summed E-state index contributed by atoms with van der Waals surface area (Å²) in [7, 11) is -2.24. The zero-order chi connectivity index (χ0) is 24.8. The van der Waals surface area contributed by atoms with Crippen molar-refractivity contribution in [1.82, 2.24) is 14.4 Å². The average molecular weight is 498 g/mol. The summed E-state index contributed by atoms with van der Waals surface area (Å²) in [6.07, 6.45) is 1.52. The molecule has 2 aromatic carbocycles. The molecule has 2 heterocycles. The van der Waals surface area contributed by atoms with Gasteiger partial charge in [0, 0.05) is 43.7 Å². The lowest BCUT2D eigenvalue weighted by molar-refractivity contribution is -0.140. The highest BCUT2D eigenvalue weighted by Gasteiger charge is 2.28. The Hall–Kier alpha value is -3.01. The van der Waals surface area contributed by atoms with Gasteiger partial charge in [0.1, 0.15) is 11.5 Å². The summed E-state index contributed by atoms with van der Waals surface area (Å²) in [5.41, 5.74) is 3.78. The molecule has 0 saturated carbocycles. The van der Waals surface area contributed by atoms with Crippen molar-refractivity contribution in [3.05, 3.63) is 71.5 Å². The van der Waals surface area contributed by atoms with E-state index >= 15 is 0 Å². The molecule has 0 unspecified atom stereocenters. The number of hydrogen-bond donors (Lipinski definition) is 0. The molecule has 3 aromatic rings. The fourth-order valence-electron chi connectivity index (χ4n) is 4.30. The first-order valence-corrected chi connectivity index (χ1v) is 13.2. The molecule has 8 nitrogen and oxygen atoms in total. The van der Waals surface area contributed by atoms with Crippen molar-refractivity contribution in [2.45, 2.75) is 37.6 Å². The lowest BCUT2D eigenvalue weighted by Gasteiger charge is -2.22. The second-order valence-corrected chi connectivity index (χ2v) is 10.6. The van der Waals surface area contributed by atoms with Crippen LogP contribution in [0, 0.1) is 6.92 Å². The predicted octanol–water partition coefficient (Wildman–Crippen LogP) is 3.65. The Balaban J connectivity index is 1.41. The van der Waals surface area contributed by atoms with Gasteiger partial charge in [-0.15, -0.1) is 0 Å². The highest BCUT2D eigenvalue weighted by Crippen LogP contribution is 2.27. The SMILES string of the molecule is COC(=O)CCc1ccc(S(=O)(=O)N2CCCN(Cc3c(-c4ccccc4)noc3C)CC2)cc1. The molecular weight excluding hydrogens is 466 g/mol. The van der Waals surface area contributed by atoms with E-state index < -0.39 is 10.0 Å². The second kappa shape index (κ2) is 11.2. The smallest absolute Gasteiger partial charge is 0.305 e. The maximum atomic E-state index is 13.3. The van der Waals surface area contributed by atoms with Crippen LogP contribution in [-0.4, -0.2) is 62.0 Å². The molecule has 1 aliphatic heterocycles. The number of rotatable bonds is 8. The zero-order valence-electron chi connectivity index (χ0n) is 20.1. The third-order valence-electron chi connectivity index (χ3n) is 6.37. The van der Waals surface area contributed by atoms with Crippen LogP contribution >= 0.6 is 0 Å². The van der Waals surface area contributed by atoms with Gasteiger partial charge >= 0.3 is 5.97 Å². The molecule has 9 heteroatoms. The Morgan fingerprint density at radius 3 is 2.49 bits per heavy atom. The van der Waals surface area contributed by atoms with Gasteiger partial charge in [0.15, 0.2) is 0 Å². The monoisotopic (exact) mass is 497 g/mol. The van der Waals surface area contributed by atoms with Crippen LogP contribution in [0.15, 0.2) is 64.0 Å². The van der Waals surface area contributed by atoms with Crippen molar-refractivity contribution in [2.24, 2.45) is 0 Å². The molecule has 0 N–H and O–H groups in total. The third-order valence-corrected chi connectivity index (χ3v) is 8.28. The number of esters is 1. The number of methoxy groups -OCH3 is 1. The molecule has 0 atom stereocenters. The number of aromatic nitrogens is 1. The van der Waals surface area contributed by atoms with E-state index in [0.717, 1.165) is 41.1 Å². The van der Waals surface area contributed by atoms with E-state index in [1.807, 2.05) is 37.3 Å². The summed E-state index contributed by atoms with van der Waals surface area (Å²) >= 11 is 0. The Kier molecular flexibility index (Phi) is 8.00. The van der Waals surface area contributed by atoms with Gasteiger partial charge in [-0.2, -0.15) is 4.31 Å².